The van der Waals surface area contributed by atoms with Crippen molar-refractivity contribution >= 4 is 5.90 Å². The van der Waals surface area contributed by atoms with Gasteiger partial charge in [-0.25, -0.2) is 0 Å². The van der Waals surface area contributed by atoms with Crippen molar-refractivity contribution in [2.45, 2.75) is 0 Å². The zero-order chi connectivity index (χ0) is 7.52. The molecule has 56 valence electrons. The highest BCUT2D eigenvalue weighted by molar-refractivity contribution is 5.93. The molecule has 0 fully saturated rings. The minimum absolute atomic E-state index is 0.450. The molecule has 0 aliphatic carbocycles. The van der Waals surface area contributed by atoms with Crippen LogP contribution in [0.4, 0.5) is 0 Å². The van der Waals surface area contributed by atoms with E-state index < -0.39 is 0 Å². The van der Waals surface area contributed by atoms with E-state index in [1.807, 2.05) is 30.3 Å². The third-order valence-electron chi connectivity index (χ3n) is 1.32. The van der Waals surface area contributed by atoms with Crippen LogP contribution in [0.2, 0.25) is 0 Å². The smallest absolute Gasteiger partial charge is 0.287 e. The Bertz CT molecular complexity index is 271. The Morgan fingerprint density at radius 3 is 2.64 bits per heavy atom. The first-order valence-corrected chi connectivity index (χ1v) is 3.18. The van der Waals surface area contributed by atoms with Crippen LogP contribution in [0.5, 0.6) is 0 Å². The minimum Gasteiger partial charge on any atom is -0.347 e. The van der Waals surface area contributed by atoms with Gasteiger partial charge in [-0.3, -0.25) is 4.94 Å². The maximum absolute atomic E-state index is 4.82. The molecule has 0 radical (unpaired) electrons. The first kappa shape index (κ1) is 6.18. The van der Waals surface area contributed by atoms with Crippen LogP contribution < -0.4 is 5.64 Å². The van der Waals surface area contributed by atoms with Gasteiger partial charge in [-0.15, -0.1) is 0 Å². The molecule has 0 aromatic heterocycles. The van der Waals surface area contributed by atoms with Crippen LogP contribution in [0.1, 0.15) is 5.56 Å². The van der Waals surface area contributed by atoms with Crippen molar-refractivity contribution in [1.29, 1.82) is 0 Å². The lowest BCUT2D eigenvalue weighted by atomic mass is 10.2. The number of nitrogens with one attached hydrogen (secondary N) is 1. The minimum atomic E-state index is 0.450. The van der Waals surface area contributed by atoms with Crippen LogP contribution in [0, 0.1) is 0 Å². The number of nitrogens with zero attached hydrogens (tertiary/aromatic N) is 1. The van der Waals surface area contributed by atoms with E-state index in [2.05, 4.69) is 15.7 Å². The Morgan fingerprint density at radius 2 is 2.00 bits per heavy atom. The molecule has 0 amide bonds. The normalized spacial score (nSPS) is 15.1. The highest BCUT2D eigenvalue weighted by Crippen LogP contribution is 2.04. The van der Waals surface area contributed by atoms with Gasteiger partial charge in [-0.1, -0.05) is 18.2 Å². The average Bonchev–Trinajstić information content (AvgIpc) is 2.58. The van der Waals surface area contributed by atoms with Crippen LogP contribution in [-0.2, 0) is 9.78 Å². The Balaban J connectivity index is 2.29. The quantitative estimate of drug-likeness (QED) is 0.644. The summed E-state index contributed by atoms with van der Waals surface area (Å²) in [6.07, 6.45) is 0. The van der Waals surface area contributed by atoms with Gasteiger partial charge in [0.05, 0.1) is 0 Å². The molecule has 4 heteroatoms. The number of hydrogen-bond donors (Lipinski definition) is 1. The van der Waals surface area contributed by atoms with Gasteiger partial charge in [0.25, 0.3) is 5.90 Å². The number of hydrogen-bond acceptors (Lipinski definition) is 4. The second-order valence-corrected chi connectivity index (χ2v) is 2.04. The van der Waals surface area contributed by atoms with E-state index >= 15 is 0 Å². The standard InChI is InChI=1S/C7H6N2O2/c1-2-4-6(5-3-1)7-8-11-9-10-7/h1-5,9H. The molecule has 1 aliphatic rings. The Hall–Kier alpha value is -1.55. The third kappa shape index (κ3) is 1.15. The highest BCUT2D eigenvalue weighted by atomic mass is 17.0. The van der Waals surface area contributed by atoms with E-state index in [-0.39, 0.29) is 0 Å². The van der Waals surface area contributed by atoms with Crippen molar-refractivity contribution in [3.8, 4) is 0 Å². The molecule has 1 N–H and O–H groups in total. The summed E-state index contributed by atoms with van der Waals surface area (Å²) in [5.74, 6) is 0.450. The zero-order valence-electron chi connectivity index (χ0n) is 5.65. The lowest BCUT2D eigenvalue weighted by Crippen LogP contribution is -2.08. The maximum Gasteiger partial charge on any atom is 0.287 e. The van der Waals surface area contributed by atoms with Gasteiger partial charge in [0.2, 0.25) is 0 Å². The molecule has 1 aromatic carbocycles. The fourth-order valence-corrected chi connectivity index (χ4v) is 0.829. The van der Waals surface area contributed by atoms with Crippen LogP contribution in [0.25, 0.3) is 0 Å². The van der Waals surface area contributed by atoms with Gasteiger partial charge >= 0.3 is 0 Å². The zero-order valence-corrected chi connectivity index (χ0v) is 5.65. The summed E-state index contributed by atoms with van der Waals surface area (Å²) in [5.41, 5.74) is 3.05. The van der Waals surface area contributed by atoms with Gasteiger partial charge in [0.1, 0.15) is 0 Å². The van der Waals surface area contributed by atoms with Crippen molar-refractivity contribution in [2.24, 2.45) is 5.16 Å². The third-order valence-corrected chi connectivity index (χ3v) is 1.32. The highest BCUT2D eigenvalue weighted by Gasteiger charge is 2.10. The summed E-state index contributed by atoms with van der Waals surface area (Å²) in [4.78, 5) is 9.24. The number of oxime groups is 1. The van der Waals surface area contributed by atoms with E-state index in [1.54, 1.807) is 0 Å². The molecular weight excluding hydrogens is 144 g/mol. The fourth-order valence-electron chi connectivity index (χ4n) is 0.829. The van der Waals surface area contributed by atoms with Gasteiger partial charge in [0, 0.05) is 11.2 Å². The largest absolute Gasteiger partial charge is 0.347 e. The molecule has 11 heavy (non-hydrogen) atoms. The van der Waals surface area contributed by atoms with Crippen LogP contribution in [0.15, 0.2) is 35.5 Å². The van der Waals surface area contributed by atoms with Crippen molar-refractivity contribution in [1.82, 2.24) is 5.64 Å². The molecule has 0 atom stereocenters. The summed E-state index contributed by atoms with van der Waals surface area (Å²) in [6, 6.07) is 9.50. The van der Waals surface area contributed by atoms with Gasteiger partial charge in [-0.05, 0) is 17.3 Å². The molecule has 1 aliphatic heterocycles. The molecule has 0 unspecified atom stereocenters. The first-order valence-electron chi connectivity index (χ1n) is 3.18. The van der Waals surface area contributed by atoms with Crippen molar-refractivity contribution in [3.63, 3.8) is 0 Å². The van der Waals surface area contributed by atoms with E-state index in [0.29, 0.717) is 5.90 Å². The molecule has 1 aromatic rings. The second-order valence-electron chi connectivity index (χ2n) is 2.04. The molecule has 0 saturated carbocycles. The molecule has 2 rings (SSSR count). The molecule has 0 saturated heterocycles. The molecule has 4 nitrogen and oxygen atoms in total. The molecule has 1 heterocycles. The lowest BCUT2D eigenvalue weighted by molar-refractivity contribution is -0.0733. The van der Waals surface area contributed by atoms with Crippen molar-refractivity contribution in [2.75, 3.05) is 0 Å². The molecular formula is C7H6N2O2. The SMILES string of the molecule is c1ccc(C2=NONO2)cc1. The molecule has 0 spiro atoms. The summed E-state index contributed by atoms with van der Waals surface area (Å²) < 4.78 is 0. The first-order chi connectivity index (χ1) is 5.47. The van der Waals surface area contributed by atoms with E-state index in [1.165, 1.54) is 0 Å². The van der Waals surface area contributed by atoms with E-state index in [4.69, 9.17) is 4.84 Å². The van der Waals surface area contributed by atoms with Crippen LogP contribution >= 0.6 is 0 Å². The monoisotopic (exact) mass is 150 g/mol. The predicted octanol–water partition coefficient (Wildman–Crippen LogP) is 0.815. The number of benzene rings is 1. The van der Waals surface area contributed by atoms with Gasteiger partial charge in [-0.2, -0.15) is 0 Å². The Kier molecular flexibility index (Phi) is 1.46. The summed E-state index contributed by atoms with van der Waals surface area (Å²) in [7, 11) is 0. The van der Waals surface area contributed by atoms with E-state index in [0.717, 1.165) is 5.56 Å². The van der Waals surface area contributed by atoms with Crippen LogP contribution in [-0.4, -0.2) is 5.90 Å². The summed E-state index contributed by atoms with van der Waals surface area (Å²) in [5, 5.41) is 3.59. The Morgan fingerprint density at radius 1 is 1.18 bits per heavy atom. The fraction of sp³-hybridized carbons (Fsp3) is 0. The Labute approximate surface area is 63.3 Å². The average molecular weight is 150 g/mol. The molecule has 0 bridgehead atoms. The number of rotatable bonds is 1. The maximum atomic E-state index is 4.82. The van der Waals surface area contributed by atoms with Gasteiger partial charge in [0.15, 0.2) is 0 Å². The predicted molar refractivity (Wildman–Crippen MR) is 38.3 cm³/mol. The second kappa shape index (κ2) is 2.59. The van der Waals surface area contributed by atoms with Gasteiger partial charge < -0.3 is 4.84 Å². The van der Waals surface area contributed by atoms with Crippen molar-refractivity contribution < 1.29 is 9.78 Å². The summed E-state index contributed by atoms with van der Waals surface area (Å²) >= 11 is 0. The van der Waals surface area contributed by atoms with E-state index in [9.17, 15) is 0 Å². The topological polar surface area (TPSA) is 42.8 Å². The van der Waals surface area contributed by atoms with Crippen LogP contribution in [0.3, 0.4) is 0 Å². The summed E-state index contributed by atoms with van der Waals surface area (Å²) in [6.45, 7) is 0. The van der Waals surface area contributed by atoms with Crippen molar-refractivity contribution in [3.05, 3.63) is 35.9 Å². The lowest BCUT2D eigenvalue weighted by Gasteiger charge is -1.94.